The molecule has 1 fully saturated rings. The second kappa shape index (κ2) is 6.07. The first-order valence-electron chi connectivity index (χ1n) is 6.38. The van der Waals surface area contributed by atoms with Crippen LogP contribution in [0.15, 0.2) is 22.7 Å². The molecule has 100 valence electrons. The third kappa shape index (κ3) is 3.48. The van der Waals surface area contributed by atoms with E-state index in [1.807, 2.05) is 24.0 Å². The maximum atomic E-state index is 12.1. The Morgan fingerprint density at radius 3 is 2.89 bits per heavy atom. The van der Waals surface area contributed by atoms with Crippen LogP contribution in [-0.4, -0.2) is 29.9 Å². The second-order valence-corrected chi connectivity index (χ2v) is 5.48. The molecular formula is C14H16BrN3O. The number of likely N-dealkylation sites (N-methyl/N-ethyl adjacent to an activating group) is 1. The molecule has 0 saturated heterocycles. The van der Waals surface area contributed by atoms with E-state index < -0.39 is 0 Å². The molecule has 0 aromatic heterocycles. The highest BCUT2D eigenvalue weighted by Crippen LogP contribution is 2.26. The van der Waals surface area contributed by atoms with E-state index in [1.165, 1.54) is 0 Å². The Labute approximate surface area is 121 Å². The van der Waals surface area contributed by atoms with E-state index in [2.05, 4.69) is 27.3 Å². The van der Waals surface area contributed by atoms with Crippen LogP contribution in [0.3, 0.4) is 0 Å². The van der Waals surface area contributed by atoms with Gasteiger partial charge in [-0.2, -0.15) is 5.26 Å². The quantitative estimate of drug-likeness (QED) is 0.907. The highest BCUT2D eigenvalue weighted by atomic mass is 79.9. The zero-order valence-electron chi connectivity index (χ0n) is 10.8. The van der Waals surface area contributed by atoms with Crippen molar-refractivity contribution < 1.29 is 4.79 Å². The summed E-state index contributed by atoms with van der Waals surface area (Å²) in [6.45, 7) is 2.98. The molecule has 0 spiro atoms. The predicted molar refractivity (Wildman–Crippen MR) is 77.8 cm³/mol. The number of nitriles is 1. The minimum Gasteiger partial charge on any atom is -0.375 e. The lowest BCUT2D eigenvalue weighted by atomic mass is 10.2. The smallest absolute Gasteiger partial charge is 0.242 e. The molecule has 0 radical (unpaired) electrons. The summed E-state index contributed by atoms with van der Waals surface area (Å²) < 4.78 is 0.856. The predicted octanol–water partition coefficient (Wildman–Crippen LogP) is 2.74. The monoisotopic (exact) mass is 321 g/mol. The molecule has 1 aromatic rings. The summed E-state index contributed by atoms with van der Waals surface area (Å²) in [5.41, 5.74) is 1.24. The summed E-state index contributed by atoms with van der Waals surface area (Å²) in [6, 6.07) is 7.95. The maximum absolute atomic E-state index is 12.1. The van der Waals surface area contributed by atoms with Gasteiger partial charge in [-0.05, 0) is 38.0 Å². The summed E-state index contributed by atoms with van der Waals surface area (Å²) in [7, 11) is 0. The lowest BCUT2D eigenvalue weighted by Crippen LogP contribution is -2.37. The van der Waals surface area contributed by atoms with Crippen LogP contribution in [0.1, 0.15) is 25.3 Å². The standard InChI is InChI=1S/C14H16BrN3O/c1-2-18(12-4-5-12)14(19)9-17-13-6-3-11(15)7-10(13)8-16/h3,6-7,12,17H,2,4-5,9H2,1H3. The summed E-state index contributed by atoms with van der Waals surface area (Å²) in [5.74, 6) is 0.0943. The van der Waals surface area contributed by atoms with E-state index in [0.29, 0.717) is 17.3 Å². The number of hydrogen-bond donors (Lipinski definition) is 1. The molecule has 5 heteroatoms. The Morgan fingerprint density at radius 1 is 1.58 bits per heavy atom. The Hall–Kier alpha value is -1.54. The first kappa shape index (κ1) is 13.9. The molecule has 1 saturated carbocycles. The van der Waals surface area contributed by atoms with Crippen molar-refractivity contribution in [2.45, 2.75) is 25.8 Å². The first-order valence-corrected chi connectivity index (χ1v) is 7.18. The molecule has 1 aliphatic rings. The van der Waals surface area contributed by atoms with Gasteiger partial charge in [0.15, 0.2) is 0 Å². The van der Waals surface area contributed by atoms with Gasteiger partial charge in [-0.3, -0.25) is 4.79 Å². The molecule has 0 heterocycles. The van der Waals surface area contributed by atoms with Crippen molar-refractivity contribution in [3.63, 3.8) is 0 Å². The first-order chi connectivity index (χ1) is 9.15. The highest BCUT2D eigenvalue weighted by molar-refractivity contribution is 9.10. The number of amides is 1. The Morgan fingerprint density at radius 2 is 2.32 bits per heavy atom. The van der Waals surface area contributed by atoms with E-state index >= 15 is 0 Å². The van der Waals surface area contributed by atoms with Crippen LogP contribution < -0.4 is 5.32 Å². The molecular weight excluding hydrogens is 306 g/mol. The van der Waals surface area contributed by atoms with Crippen LogP contribution >= 0.6 is 15.9 Å². The number of nitrogens with one attached hydrogen (secondary N) is 1. The summed E-state index contributed by atoms with van der Waals surface area (Å²) >= 11 is 3.32. The van der Waals surface area contributed by atoms with E-state index in [4.69, 9.17) is 5.26 Å². The van der Waals surface area contributed by atoms with Crippen LogP contribution in [0, 0.1) is 11.3 Å². The third-order valence-electron chi connectivity index (χ3n) is 3.18. The molecule has 19 heavy (non-hydrogen) atoms. The third-order valence-corrected chi connectivity index (χ3v) is 3.67. The molecule has 0 atom stereocenters. The van der Waals surface area contributed by atoms with Crippen molar-refractivity contribution in [2.24, 2.45) is 0 Å². The molecule has 4 nitrogen and oxygen atoms in total. The van der Waals surface area contributed by atoms with Gasteiger partial charge in [0.1, 0.15) is 6.07 Å². The van der Waals surface area contributed by atoms with Crippen molar-refractivity contribution in [1.29, 1.82) is 5.26 Å². The highest BCUT2D eigenvalue weighted by Gasteiger charge is 2.30. The Kier molecular flexibility index (Phi) is 4.43. The van der Waals surface area contributed by atoms with Gasteiger partial charge >= 0.3 is 0 Å². The van der Waals surface area contributed by atoms with Crippen molar-refractivity contribution in [2.75, 3.05) is 18.4 Å². The molecule has 2 rings (SSSR count). The number of benzene rings is 1. The van der Waals surface area contributed by atoms with Crippen LogP contribution in [-0.2, 0) is 4.79 Å². The summed E-state index contributed by atoms with van der Waals surface area (Å²) in [5, 5.41) is 12.1. The van der Waals surface area contributed by atoms with Gasteiger partial charge in [-0.15, -0.1) is 0 Å². The van der Waals surface area contributed by atoms with Crippen molar-refractivity contribution in [3.8, 4) is 6.07 Å². The number of anilines is 1. The lowest BCUT2D eigenvalue weighted by Gasteiger charge is -2.21. The van der Waals surface area contributed by atoms with Gasteiger partial charge < -0.3 is 10.2 Å². The average Bonchev–Trinajstić information content (AvgIpc) is 3.22. The lowest BCUT2D eigenvalue weighted by molar-refractivity contribution is -0.129. The molecule has 1 N–H and O–H groups in total. The largest absolute Gasteiger partial charge is 0.375 e. The molecule has 1 aromatic carbocycles. The zero-order chi connectivity index (χ0) is 13.8. The minimum atomic E-state index is 0.0943. The van der Waals surface area contributed by atoms with Crippen LogP contribution in [0.25, 0.3) is 0 Å². The zero-order valence-corrected chi connectivity index (χ0v) is 12.4. The van der Waals surface area contributed by atoms with E-state index in [1.54, 1.807) is 6.07 Å². The van der Waals surface area contributed by atoms with Gasteiger partial charge in [0.2, 0.25) is 5.91 Å². The number of carbonyl (C=O) groups is 1. The number of halogens is 1. The van der Waals surface area contributed by atoms with Gasteiger partial charge in [0.25, 0.3) is 0 Å². The molecule has 0 bridgehead atoms. The maximum Gasteiger partial charge on any atom is 0.242 e. The fourth-order valence-electron chi connectivity index (χ4n) is 2.06. The SMILES string of the molecule is CCN(C(=O)CNc1ccc(Br)cc1C#N)C1CC1. The fraction of sp³-hybridized carbons (Fsp3) is 0.429. The van der Waals surface area contributed by atoms with Crippen LogP contribution in [0.2, 0.25) is 0 Å². The van der Waals surface area contributed by atoms with Gasteiger partial charge in [0.05, 0.1) is 17.8 Å². The molecule has 1 amide bonds. The van der Waals surface area contributed by atoms with Crippen molar-refractivity contribution in [3.05, 3.63) is 28.2 Å². The average molecular weight is 322 g/mol. The molecule has 0 unspecified atom stereocenters. The van der Waals surface area contributed by atoms with Gasteiger partial charge in [-0.1, -0.05) is 15.9 Å². The van der Waals surface area contributed by atoms with Gasteiger partial charge in [-0.25, -0.2) is 0 Å². The number of rotatable bonds is 5. The van der Waals surface area contributed by atoms with Crippen LogP contribution in [0.5, 0.6) is 0 Å². The van der Waals surface area contributed by atoms with Gasteiger partial charge in [0, 0.05) is 17.1 Å². The van der Waals surface area contributed by atoms with Crippen LogP contribution in [0.4, 0.5) is 5.69 Å². The Balaban J connectivity index is 1.98. The Bertz CT molecular complexity index is 520. The fourth-order valence-corrected chi connectivity index (χ4v) is 2.42. The van der Waals surface area contributed by atoms with Crippen molar-refractivity contribution >= 4 is 27.5 Å². The number of hydrogen-bond acceptors (Lipinski definition) is 3. The second-order valence-electron chi connectivity index (χ2n) is 4.57. The topological polar surface area (TPSA) is 56.1 Å². The molecule has 0 aliphatic heterocycles. The summed E-state index contributed by atoms with van der Waals surface area (Å²) in [4.78, 5) is 14.0. The molecule has 1 aliphatic carbocycles. The number of carbonyl (C=O) groups excluding carboxylic acids is 1. The summed E-state index contributed by atoms with van der Waals surface area (Å²) in [6.07, 6.45) is 2.22. The van der Waals surface area contributed by atoms with Crippen molar-refractivity contribution in [1.82, 2.24) is 4.90 Å². The van der Waals surface area contributed by atoms with E-state index in [-0.39, 0.29) is 12.5 Å². The van der Waals surface area contributed by atoms with E-state index in [0.717, 1.165) is 23.9 Å². The minimum absolute atomic E-state index is 0.0943. The normalized spacial score (nSPS) is 13.7. The number of nitrogens with zero attached hydrogens (tertiary/aromatic N) is 2. The van der Waals surface area contributed by atoms with E-state index in [9.17, 15) is 4.79 Å².